The predicted octanol–water partition coefficient (Wildman–Crippen LogP) is 2.94. The molecule has 0 saturated carbocycles. The molecule has 1 heterocycles. The summed E-state index contributed by atoms with van der Waals surface area (Å²) in [6, 6.07) is 6.77. The molecule has 0 spiro atoms. The number of hydrogen-bond donors (Lipinski definition) is 2. The normalized spacial score (nSPS) is 11.3. The lowest BCUT2D eigenvalue weighted by atomic mass is 10.2. The highest BCUT2D eigenvalue weighted by Crippen LogP contribution is 2.17. The largest absolute Gasteiger partial charge is 0.369 e. The number of benzene rings is 1. The van der Waals surface area contributed by atoms with Crippen LogP contribution in [0.25, 0.3) is 0 Å². The zero-order valence-electron chi connectivity index (χ0n) is 13.0. The van der Waals surface area contributed by atoms with Crippen molar-refractivity contribution in [2.24, 2.45) is 0 Å². The van der Waals surface area contributed by atoms with Crippen LogP contribution in [0.4, 0.5) is 16.0 Å². The number of rotatable bonds is 7. The van der Waals surface area contributed by atoms with Crippen LogP contribution in [-0.4, -0.2) is 25.2 Å². The first-order valence-electron chi connectivity index (χ1n) is 7.29. The van der Waals surface area contributed by atoms with Crippen molar-refractivity contribution in [2.75, 3.05) is 16.6 Å². The topological polar surface area (TPSA) is 84.0 Å². The van der Waals surface area contributed by atoms with Gasteiger partial charge in [0.15, 0.2) is 5.82 Å². The van der Waals surface area contributed by atoms with Crippen molar-refractivity contribution in [1.29, 1.82) is 0 Å². The van der Waals surface area contributed by atoms with E-state index in [4.69, 9.17) is 0 Å². The summed E-state index contributed by atoms with van der Waals surface area (Å²) < 4.78 is 40.1. The molecule has 0 radical (unpaired) electrons. The summed E-state index contributed by atoms with van der Waals surface area (Å²) in [5.74, 6) is 0.235. The molecule has 0 aliphatic heterocycles. The van der Waals surface area contributed by atoms with Gasteiger partial charge in [0.1, 0.15) is 11.6 Å². The average Bonchev–Trinajstić information content (AvgIpc) is 2.51. The van der Waals surface area contributed by atoms with Crippen LogP contribution in [0.5, 0.6) is 0 Å². The third-order valence-electron chi connectivity index (χ3n) is 3.18. The maximum Gasteiger partial charge on any atom is 0.263 e. The summed E-state index contributed by atoms with van der Waals surface area (Å²) in [7, 11) is -3.83. The number of nitrogens with zero attached hydrogens (tertiary/aromatic N) is 2. The molecule has 2 N–H and O–H groups in total. The molecule has 0 aliphatic carbocycles. The van der Waals surface area contributed by atoms with Gasteiger partial charge >= 0.3 is 0 Å². The molecule has 0 fully saturated rings. The van der Waals surface area contributed by atoms with E-state index >= 15 is 0 Å². The van der Waals surface area contributed by atoms with E-state index < -0.39 is 15.8 Å². The summed E-state index contributed by atoms with van der Waals surface area (Å²) in [4.78, 5) is -0.0247. The zero-order valence-corrected chi connectivity index (χ0v) is 13.8. The van der Waals surface area contributed by atoms with Gasteiger partial charge in [-0.1, -0.05) is 13.3 Å². The molecule has 0 saturated heterocycles. The molecule has 0 bridgehead atoms. The number of hydrogen-bond acceptors (Lipinski definition) is 5. The molecule has 2 aromatic rings. The molecule has 124 valence electrons. The van der Waals surface area contributed by atoms with Crippen LogP contribution in [0, 0.1) is 12.7 Å². The van der Waals surface area contributed by atoms with Crippen LogP contribution >= 0.6 is 0 Å². The Labute approximate surface area is 135 Å². The molecular weight excluding hydrogens is 319 g/mol. The molecule has 0 unspecified atom stereocenters. The van der Waals surface area contributed by atoms with Crippen LogP contribution < -0.4 is 10.0 Å². The van der Waals surface area contributed by atoms with Crippen LogP contribution in [0.15, 0.2) is 35.2 Å². The van der Waals surface area contributed by atoms with Crippen molar-refractivity contribution in [2.45, 2.75) is 31.6 Å². The number of unbranched alkanes of at least 4 members (excludes halogenated alkanes) is 1. The van der Waals surface area contributed by atoms with Gasteiger partial charge in [-0.25, -0.2) is 12.8 Å². The van der Waals surface area contributed by atoms with Gasteiger partial charge in [-0.05, 0) is 49.2 Å². The Balaban J connectivity index is 2.09. The SMILES string of the molecule is CCCCNc1ccc(NS(=O)(=O)c2ccc(F)c(C)c2)nn1. The summed E-state index contributed by atoms with van der Waals surface area (Å²) in [6.45, 7) is 4.37. The smallest absolute Gasteiger partial charge is 0.263 e. The first kappa shape index (κ1) is 17.1. The Morgan fingerprint density at radius 3 is 2.43 bits per heavy atom. The molecule has 1 aromatic heterocycles. The zero-order chi connectivity index (χ0) is 16.9. The summed E-state index contributed by atoms with van der Waals surface area (Å²) in [6.07, 6.45) is 2.08. The summed E-state index contributed by atoms with van der Waals surface area (Å²) in [5.41, 5.74) is 0.259. The van der Waals surface area contributed by atoms with Gasteiger partial charge in [-0.2, -0.15) is 0 Å². The predicted molar refractivity (Wildman–Crippen MR) is 87.4 cm³/mol. The minimum atomic E-state index is -3.83. The highest BCUT2D eigenvalue weighted by molar-refractivity contribution is 7.92. The Morgan fingerprint density at radius 1 is 1.13 bits per heavy atom. The molecule has 23 heavy (non-hydrogen) atoms. The first-order valence-corrected chi connectivity index (χ1v) is 8.77. The fraction of sp³-hybridized carbons (Fsp3) is 0.333. The van der Waals surface area contributed by atoms with E-state index in [0.29, 0.717) is 5.82 Å². The molecule has 0 amide bonds. The van der Waals surface area contributed by atoms with Gasteiger partial charge in [0.25, 0.3) is 10.0 Å². The van der Waals surface area contributed by atoms with Gasteiger partial charge in [0.2, 0.25) is 0 Å². The molecule has 1 aromatic carbocycles. The molecule has 0 aliphatic rings. The van der Waals surface area contributed by atoms with Crippen molar-refractivity contribution in [3.05, 3.63) is 41.7 Å². The van der Waals surface area contributed by atoms with E-state index in [0.717, 1.165) is 25.5 Å². The number of halogens is 1. The van der Waals surface area contributed by atoms with Crippen molar-refractivity contribution in [1.82, 2.24) is 10.2 Å². The molecule has 0 atom stereocenters. The van der Waals surface area contributed by atoms with Crippen molar-refractivity contribution in [3.8, 4) is 0 Å². The molecule has 8 heteroatoms. The fourth-order valence-electron chi connectivity index (χ4n) is 1.86. The number of nitrogens with one attached hydrogen (secondary N) is 2. The van der Waals surface area contributed by atoms with Crippen LogP contribution in [0.3, 0.4) is 0 Å². The second kappa shape index (κ2) is 7.36. The lowest BCUT2D eigenvalue weighted by Gasteiger charge is -2.09. The van der Waals surface area contributed by atoms with Gasteiger partial charge < -0.3 is 5.32 Å². The van der Waals surface area contributed by atoms with Crippen molar-refractivity contribution in [3.63, 3.8) is 0 Å². The van der Waals surface area contributed by atoms with E-state index in [9.17, 15) is 12.8 Å². The lowest BCUT2D eigenvalue weighted by molar-refractivity contribution is 0.598. The van der Waals surface area contributed by atoms with Crippen LogP contribution in [0.2, 0.25) is 0 Å². The number of sulfonamides is 1. The standard InChI is InChI=1S/C15H19FN4O2S/c1-3-4-9-17-14-7-8-15(19-18-14)20-23(21,22)12-5-6-13(16)11(2)10-12/h5-8,10H,3-4,9H2,1-2H3,(H,17,18)(H,19,20). The van der Waals surface area contributed by atoms with E-state index in [-0.39, 0.29) is 16.3 Å². The van der Waals surface area contributed by atoms with Gasteiger partial charge in [0, 0.05) is 6.54 Å². The Bertz CT molecular complexity index is 764. The average molecular weight is 338 g/mol. The van der Waals surface area contributed by atoms with Gasteiger partial charge in [0.05, 0.1) is 4.90 Å². The van der Waals surface area contributed by atoms with Crippen molar-refractivity contribution < 1.29 is 12.8 Å². The molecule has 6 nitrogen and oxygen atoms in total. The van der Waals surface area contributed by atoms with E-state index in [1.165, 1.54) is 25.1 Å². The highest BCUT2D eigenvalue weighted by Gasteiger charge is 2.16. The van der Waals surface area contributed by atoms with E-state index in [1.54, 1.807) is 6.07 Å². The molecular formula is C15H19FN4O2S. The Kier molecular flexibility index (Phi) is 5.49. The fourth-order valence-corrected chi connectivity index (χ4v) is 2.94. The summed E-state index contributed by atoms with van der Waals surface area (Å²) in [5, 5.41) is 10.8. The maximum absolute atomic E-state index is 13.2. The number of aromatic nitrogens is 2. The summed E-state index contributed by atoms with van der Waals surface area (Å²) >= 11 is 0. The van der Waals surface area contributed by atoms with E-state index in [2.05, 4.69) is 27.2 Å². The monoisotopic (exact) mass is 338 g/mol. The minimum absolute atomic E-state index is 0.0247. The van der Waals surface area contributed by atoms with E-state index in [1.807, 2.05) is 0 Å². The van der Waals surface area contributed by atoms with Crippen LogP contribution in [0.1, 0.15) is 25.3 Å². The quantitative estimate of drug-likeness (QED) is 0.758. The van der Waals surface area contributed by atoms with Crippen molar-refractivity contribution >= 4 is 21.7 Å². The van der Waals surface area contributed by atoms with Gasteiger partial charge in [-0.15, -0.1) is 10.2 Å². The number of anilines is 2. The third-order valence-corrected chi connectivity index (χ3v) is 4.53. The molecule has 2 rings (SSSR count). The maximum atomic E-state index is 13.2. The second-order valence-electron chi connectivity index (χ2n) is 5.10. The third kappa shape index (κ3) is 4.62. The Morgan fingerprint density at radius 2 is 1.83 bits per heavy atom. The lowest BCUT2D eigenvalue weighted by Crippen LogP contribution is -2.15. The van der Waals surface area contributed by atoms with Gasteiger partial charge in [-0.3, -0.25) is 4.72 Å². The minimum Gasteiger partial charge on any atom is -0.369 e. The number of aryl methyl sites for hydroxylation is 1. The second-order valence-corrected chi connectivity index (χ2v) is 6.78. The first-order chi connectivity index (χ1) is 10.9. The highest BCUT2D eigenvalue weighted by atomic mass is 32.2. The Hall–Kier alpha value is -2.22. The van der Waals surface area contributed by atoms with Crippen LogP contribution in [-0.2, 0) is 10.0 Å².